The van der Waals surface area contributed by atoms with Gasteiger partial charge < -0.3 is 15.4 Å². The molecule has 2 saturated carbocycles. The summed E-state index contributed by atoms with van der Waals surface area (Å²) in [6, 6.07) is 5.85. The third kappa shape index (κ3) is 3.19. The van der Waals surface area contributed by atoms with Crippen LogP contribution < -0.4 is 15.4 Å². The first-order valence-corrected chi connectivity index (χ1v) is 8.32. The lowest BCUT2D eigenvalue weighted by Crippen LogP contribution is -2.43. The van der Waals surface area contributed by atoms with E-state index in [2.05, 4.69) is 10.6 Å². The zero-order valence-electron chi connectivity index (χ0n) is 13.8. The Labute approximate surface area is 136 Å². The van der Waals surface area contributed by atoms with Gasteiger partial charge in [0.15, 0.2) is 0 Å². The molecular formula is C18H24N2O3. The molecule has 5 heteroatoms. The minimum atomic E-state index is -0.892. The van der Waals surface area contributed by atoms with Gasteiger partial charge in [-0.3, -0.25) is 9.59 Å². The highest BCUT2D eigenvalue weighted by molar-refractivity contribution is 6.13. The number of hydrogen-bond acceptors (Lipinski definition) is 3. The fraction of sp³-hybridized carbons (Fsp3) is 0.556. The van der Waals surface area contributed by atoms with Gasteiger partial charge in [-0.2, -0.15) is 0 Å². The van der Waals surface area contributed by atoms with E-state index in [0.717, 1.165) is 31.2 Å². The molecule has 0 aromatic heterocycles. The Balaban J connectivity index is 1.70. The lowest BCUT2D eigenvalue weighted by Gasteiger charge is -2.19. The predicted molar refractivity (Wildman–Crippen MR) is 88.4 cm³/mol. The van der Waals surface area contributed by atoms with E-state index in [4.69, 9.17) is 4.74 Å². The van der Waals surface area contributed by atoms with E-state index in [1.165, 1.54) is 0 Å². The van der Waals surface area contributed by atoms with Crippen molar-refractivity contribution in [1.29, 1.82) is 0 Å². The standard InChI is InChI=1S/C18H24N2O3/c1-12-7-8-15(23-2)14(11-12)20-17(22)18(9-10-18)16(21)19-13-5-3-4-6-13/h7-8,11,13H,3-6,9-10H2,1-2H3,(H,19,21)(H,20,22). The number of ether oxygens (including phenoxy) is 1. The van der Waals surface area contributed by atoms with Crippen LogP contribution in [-0.4, -0.2) is 25.0 Å². The maximum atomic E-state index is 12.7. The van der Waals surface area contributed by atoms with Gasteiger partial charge in [0.1, 0.15) is 11.2 Å². The average Bonchev–Trinajstić information content (AvgIpc) is 3.20. The number of amides is 2. The van der Waals surface area contributed by atoms with Crippen LogP contribution in [0.3, 0.4) is 0 Å². The maximum absolute atomic E-state index is 12.7. The summed E-state index contributed by atoms with van der Waals surface area (Å²) in [5, 5.41) is 5.94. The summed E-state index contributed by atoms with van der Waals surface area (Å²) in [5.74, 6) is 0.265. The van der Waals surface area contributed by atoms with Gasteiger partial charge >= 0.3 is 0 Å². The van der Waals surface area contributed by atoms with E-state index in [1.54, 1.807) is 7.11 Å². The number of methoxy groups -OCH3 is 1. The lowest BCUT2D eigenvalue weighted by atomic mass is 10.0. The Morgan fingerprint density at radius 2 is 1.87 bits per heavy atom. The molecule has 1 aromatic rings. The number of hydrogen-bond donors (Lipinski definition) is 2. The van der Waals surface area contributed by atoms with Gasteiger partial charge in [-0.05, 0) is 50.3 Å². The van der Waals surface area contributed by atoms with Crippen LogP contribution in [0, 0.1) is 12.3 Å². The van der Waals surface area contributed by atoms with E-state index < -0.39 is 5.41 Å². The van der Waals surface area contributed by atoms with Crippen LogP contribution in [0.4, 0.5) is 5.69 Å². The quantitative estimate of drug-likeness (QED) is 0.821. The molecule has 0 heterocycles. The summed E-state index contributed by atoms with van der Waals surface area (Å²) in [7, 11) is 1.57. The van der Waals surface area contributed by atoms with Crippen LogP contribution in [0.15, 0.2) is 18.2 Å². The molecule has 2 amide bonds. The summed E-state index contributed by atoms with van der Waals surface area (Å²) in [4.78, 5) is 25.2. The topological polar surface area (TPSA) is 67.4 Å². The average molecular weight is 316 g/mol. The first-order chi connectivity index (χ1) is 11.0. The van der Waals surface area contributed by atoms with Gasteiger partial charge in [0.2, 0.25) is 11.8 Å². The van der Waals surface area contributed by atoms with Crippen molar-refractivity contribution in [3.05, 3.63) is 23.8 Å². The first kappa shape index (κ1) is 15.8. The minimum Gasteiger partial charge on any atom is -0.495 e. The number of carbonyl (C=O) groups is 2. The number of anilines is 1. The Bertz CT molecular complexity index is 617. The Morgan fingerprint density at radius 1 is 1.17 bits per heavy atom. The highest BCUT2D eigenvalue weighted by Gasteiger charge is 2.57. The van der Waals surface area contributed by atoms with Crippen molar-refractivity contribution in [2.24, 2.45) is 5.41 Å². The number of nitrogens with one attached hydrogen (secondary N) is 2. The van der Waals surface area contributed by atoms with E-state index in [-0.39, 0.29) is 17.9 Å². The van der Waals surface area contributed by atoms with E-state index in [1.807, 2.05) is 25.1 Å². The lowest BCUT2D eigenvalue weighted by molar-refractivity contribution is -0.134. The van der Waals surface area contributed by atoms with Gasteiger partial charge in [0.25, 0.3) is 0 Å². The van der Waals surface area contributed by atoms with Crippen LogP contribution in [-0.2, 0) is 9.59 Å². The molecule has 23 heavy (non-hydrogen) atoms. The molecule has 2 fully saturated rings. The molecule has 3 rings (SSSR count). The van der Waals surface area contributed by atoms with Crippen LogP contribution in [0.25, 0.3) is 0 Å². The summed E-state index contributed by atoms with van der Waals surface area (Å²) in [5.41, 5.74) is 0.760. The third-order valence-corrected chi connectivity index (χ3v) is 4.91. The van der Waals surface area contributed by atoms with Gasteiger partial charge in [0.05, 0.1) is 12.8 Å². The molecular weight excluding hydrogens is 292 g/mol. The first-order valence-electron chi connectivity index (χ1n) is 8.32. The van der Waals surface area contributed by atoms with Crippen molar-refractivity contribution in [2.75, 3.05) is 12.4 Å². The molecule has 5 nitrogen and oxygen atoms in total. The molecule has 0 atom stereocenters. The number of benzene rings is 1. The Kier molecular flexibility index (Phi) is 4.28. The number of carbonyl (C=O) groups excluding carboxylic acids is 2. The van der Waals surface area contributed by atoms with Crippen molar-refractivity contribution in [2.45, 2.75) is 51.5 Å². The molecule has 0 unspecified atom stereocenters. The van der Waals surface area contributed by atoms with E-state index in [0.29, 0.717) is 24.3 Å². The third-order valence-electron chi connectivity index (χ3n) is 4.91. The fourth-order valence-electron chi connectivity index (χ4n) is 3.24. The molecule has 0 radical (unpaired) electrons. The number of rotatable bonds is 5. The van der Waals surface area contributed by atoms with Crippen LogP contribution in [0.1, 0.15) is 44.1 Å². The zero-order chi connectivity index (χ0) is 16.4. The van der Waals surface area contributed by atoms with Crippen LogP contribution in [0.5, 0.6) is 5.75 Å². The van der Waals surface area contributed by atoms with Crippen molar-refractivity contribution in [3.8, 4) is 5.75 Å². The van der Waals surface area contributed by atoms with Crippen LogP contribution >= 0.6 is 0 Å². The van der Waals surface area contributed by atoms with E-state index in [9.17, 15) is 9.59 Å². The monoisotopic (exact) mass is 316 g/mol. The molecule has 0 spiro atoms. The molecule has 0 bridgehead atoms. The van der Waals surface area contributed by atoms with Crippen LogP contribution in [0.2, 0.25) is 0 Å². The van der Waals surface area contributed by atoms with Gasteiger partial charge in [-0.15, -0.1) is 0 Å². The summed E-state index contributed by atoms with van der Waals surface area (Å²) >= 11 is 0. The highest BCUT2D eigenvalue weighted by atomic mass is 16.5. The smallest absolute Gasteiger partial charge is 0.240 e. The van der Waals surface area contributed by atoms with Crippen molar-refractivity contribution in [3.63, 3.8) is 0 Å². The highest BCUT2D eigenvalue weighted by Crippen LogP contribution is 2.47. The second kappa shape index (κ2) is 6.22. The summed E-state index contributed by atoms with van der Waals surface area (Å²) in [6.07, 6.45) is 5.59. The summed E-state index contributed by atoms with van der Waals surface area (Å²) < 4.78 is 5.29. The Morgan fingerprint density at radius 3 is 2.48 bits per heavy atom. The minimum absolute atomic E-state index is 0.117. The second-order valence-electron chi connectivity index (χ2n) is 6.69. The fourth-order valence-corrected chi connectivity index (χ4v) is 3.24. The van der Waals surface area contributed by atoms with Gasteiger partial charge in [0, 0.05) is 6.04 Å². The zero-order valence-corrected chi connectivity index (χ0v) is 13.8. The Hall–Kier alpha value is -2.04. The molecule has 2 aliphatic carbocycles. The normalized spacial score (nSPS) is 19.2. The molecule has 0 aliphatic heterocycles. The van der Waals surface area contributed by atoms with Crippen molar-refractivity contribution in [1.82, 2.24) is 5.32 Å². The maximum Gasteiger partial charge on any atom is 0.240 e. The molecule has 124 valence electrons. The van der Waals surface area contributed by atoms with Crippen molar-refractivity contribution < 1.29 is 14.3 Å². The largest absolute Gasteiger partial charge is 0.495 e. The molecule has 2 N–H and O–H groups in total. The predicted octanol–water partition coefficient (Wildman–Crippen LogP) is 2.78. The number of aryl methyl sites for hydroxylation is 1. The SMILES string of the molecule is COc1ccc(C)cc1NC(=O)C1(C(=O)NC2CCCC2)CC1. The second-order valence-corrected chi connectivity index (χ2v) is 6.69. The van der Waals surface area contributed by atoms with Crippen molar-refractivity contribution >= 4 is 17.5 Å². The molecule has 2 aliphatic rings. The molecule has 0 saturated heterocycles. The van der Waals surface area contributed by atoms with E-state index >= 15 is 0 Å². The van der Waals surface area contributed by atoms with Gasteiger partial charge in [-0.25, -0.2) is 0 Å². The summed E-state index contributed by atoms with van der Waals surface area (Å²) in [6.45, 7) is 1.95. The van der Waals surface area contributed by atoms with Gasteiger partial charge in [-0.1, -0.05) is 18.9 Å². The molecule has 1 aromatic carbocycles.